The molecule has 1 unspecified atom stereocenters. The number of nitrogens with zero attached hydrogens (tertiary/aromatic N) is 2. The number of aryl methyl sites for hydroxylation is 1. The molecule has 0 aliphatic carbocycles. The first kappa shape index (κ1) is 12.6. The van der Waals surface area contributed by atoms with Gasteiger partial charge >= 0.3 is 0 Å². The van der Waals surface area contributed by atoms with E-state index in [0.717, 1.165) is 24.3 Å². The Morgan fingerprint density at radius 2 is 2.35 bits per heavy atom. The summed E-state index contributed by atoms with van der Waals surface area (Å²) in [6.45, 7) is 4.29. The van der Waals surface area contributed by atoms with Crippen molar-refractivity contribution in [2.45, 2.75) is 39.2 Å². The van der Waals surface area contributed by atoms with Gasteiger partial charge in [0.25, 0.3) is 0 Å². The van der Waals surface area contributed by atoms with Crippen LogP contribution in [0.4, 0.5) is 0 Å². The fraction of sp³-hybridized carbons (Fsp3) is 0.727. The van der Waals surface area contributed by atoms with Crippen molar-refractivity contribution < 1.29 is 12.9 Å². The number of hydrogen-bond acceptors (Lipinski definition) is 4. The number of rotatable bonds is 4. The summed E-state index contributed by atoms with van der Waals surface area (Å²) in [5.74, 6) is 0.931. The standard InChI is InChI=1S/C11H18N2O3S/c1-3-7-17(14,15)13-6-4-5-11(13)10-8-9(2)16-12-10/h8,11H,3-7H2,1-2H3. The third kappa shape index (κ3) is 2.52. The second-order valence-electron chi connectivity index (χ2n) is 4.45. The number of aromatic nitrogens is 1. The molecule has 0 radical (unpaired) electrons. The molecular formula is C11H18N2O3S. The molecule has 0 N–H and O–H groups in total. The molecule has 1 aromatic rings. The molecule has 6 heteroatoms. The average molecular weight is 258 g/mol. The molecule has 1 aliphatic rings. The summed E-state index contributed by atoms with van der Waals surface area (Å²) in [5, 5.41) is 3.94. The quantitative estimate of drug-likeness (QED) is 0.827. The molecule has 1 aromatic heterocycles. The van der Waals surface area contributed by atoms with Crippen molar-refractivity contribution in [1.29, 1.82) is 0 Å². The van der Waals surface area contributed by atoms with Crippen LogP contribution in [0.2, 0.25) is 0 Å². The maximum atomic E-state index is 12.1. The van der Waals surface area contributed by atoms with Crippen LogP contribution in [0.1, 0.15) is 43.7 Å². The van der Waals surface area contributed by atoms with Crippen molar-refractivity contribution in [3.8, 4) is 0 Å². The Balaban J connectivity index is 2.24. The molecule has 17 heavy (non-hydrogen) atoms. The third-order valence-corrected chi connectivity index (χ3v) is 5.09. The third-order valence-electron chi connectivity index (χ3n) is 3.01. The molecule has 5 nitrogen and oxygen atoms in total. The fourth-order valence-corrected chi connectivity index (χ4v) is 4.05. The van der Waals surface area contributed by atoms with Crippen LogP contribution in [0, 0.1) is 6.92 Å². The van der Waals surface area contributed by atoms with E-state index in [1.807, 2.05) is 19.9 Å². The molecule has 0 bridgehead atoms. The highest BCUT2D eigenvalue weighted by Crippen LogP contribution is 2.34. The zero-order valence-corrected chi connectivity index (χ0v) is 11.0. The van der Waals surface area contributed by atoms with Crippen LogP contribution in [0.5, 0.6) is 0 Å². The van der Waals surface area contributed by atoms with Gasteiger partial charge in [0.15, 0.2) is 0 Å². The van der Waals surface area contributed by atoms with Gasteiger partial charge in [-0.05, 0) is 26.2 Å². The predicted molar refractivity (Wildman–Crippen MR) is 64.0 cm³/mol. The Kier molecular flexibility index (Phi) is 3.53. The summed E-state index contributed by atoms with van der Waals surface area (Å²) in [6, 6.07) is 1.69. The lowest BCUT2D eigenvalue weighted by molar-refractivity contribution is 0.349. The summed E-state index contributed by atoms with van der Waals surface area (Å²) in [6.07, 6.45) is 2.36. The minimum absolute atomic E-state index is 0.135. The van der Waals surface area contributed by atoms with Crippen LogP contribution in [0.3, 0.4) is 0 Å². The van der Waals surface area contributed by atoms with Crippen molar-refractivity contribution in [1.82, 2.24) is 9.46 Å². The van der Waals surface area contributed by atoms with Crippen molar-refractivity contribution in [2.24, 2.45) is 0 Å². The molecule has 2 heterocycles. The molecule has 0 spiro atoms. The summed E-state index contributed by atoms with van der Waals surface area (Å²) < 4.78 is 30.8. The lowest BCUT2D eigenvalue weighted by Crippen LogP contribution is -2.32. The van der Waals surface area contributed by atoms with Crippen molar-refractivity contribution >= 4 is 10.0 Å². The molecule has 1 saturated heterocycles. The summed E-state index contributed by atoms with van der Waals surface area (Å²) in [5.41, 5.74) is 0.736. The lowest BCUT2D eigenvalue weighted by Gasteiger charge is -2.21. The van der Waals surface area contributed by atoms with Gasteiger partial charge in [0.1, 0.15) is 11.5 Å². The SMILES string of the molecule is CCCS(=O)(=O)N1CCCC1c1cc(C)on1. The smallest absolute Gasteiger partial charge is 0.214 e. The minimum atomic E-state index is -3.15. The summed E-state index contributed by atoms with van der Waals surface area (Å²) >= 11 is 0. The topological polar surface area (TPSA) is 63.4 Å². The Bertz CT molecular complexity index is 481. The van der Waals surface area contributed by atoms with Crippen LogP contribution in [-0.4, -0.2) is 30.2 Å². The van der Waals surface area contributed by atoms with Crippen LogP contribution < -0.4 is 0 Å². The van der Waals surface area contributed by atoms with E-state index >= 15 is 0 Å². The molecule has 1 atom stereocenters. The van der Waals surface area contributed by atoms with E-state index in [0.29, 0.717) is 13.0 Å². The molecule has 0 amide bonds. The van der Waals surface area contributed by atoms with Crippen LogP contribution in [0.15, 0.2) is 10.6 Å². The first-order chi connectivity index (χ1) is 8.04. The molecular weight excluding hydrogens is 240 g/mol. The van der Waals surface area contributed by atoms with Gasteiger partial charge in [0.05, 0.1) is 11.8 Å². The van der Waals surface area contributed by atoms with E-state index in [-0.39, 0.29) is 11.8 Å². The zero-order chi connectivity index (χ0) is 12.5. The van der Waals surface area contributed by atoms with E-state index in [1.54, 1.807) is 4.31 Å². The van der Waals surface area contributed by atoms with E-state index in [2.05, 4.69) is 5.16 Å². The number of hydrogen-bond donors (Lipinski definition) is 0. The van der Waals surface area contributed by atoms with E-state index in [1.165, 1.54) is 0 Å². The Labute approximate surface area is 102 Å². The van der Waals surface area contributed by atoms with E-state index < -0.39 is 10.0 Å². The highest BCUT2D eigenvalue weighted by molar-refractivity contribution is 7.89. The predicted octanol–water partition coefficient (Wildman–Crippen LogP) is 1.86. The maximum Gasteiger partial charge on any atom is 0.214 e. The van der Waals surface area contributed by atoms with Crippen molar-refractivity contribution in [3.05, 3.63) is 17.5 Å². The zero-order valence-electron chi connectivity index (χ0n) is 10.2. The number of sulfonamides is 1. The maximum absolute atomic E-state index is 12.1. The minimum Gasteiger partial charge on any atom is -0.361 e. The Morgan fingerprint density at radius 3 is 2.94 bits per heavy atom. The summed E-state index contributed by atoms with van der Waals surface area (Å²) in [7, 11) is -3.15. The first-order valence-electron chi connectivity index (χ1n) is 5.97. The van der Waals surface area contributed by atoms with Gasteiger partial charge in [0.2, 0.25) is 10.0 Å². The highest BCUT2D eigenvalue weighted by atomic mass is 32.2. The fourth-order valence-electron chi connectivity index (χ4n) is 2.29. The first-order valence-corrected chi connectivity index (χ1v) is 7.58. The van der Waals surface area contributed by atoms with Gasteiger partial charge in [-0.3, -0.25) is 0 Å². The normalized spacial score (nSPS) is 22.1. The van der Waals surface area contributed by atoms with Gasteiger partial charge in [-0.1, -0.05) is 12.1 Å². The van der Waals surface area contributed by atoms with Crippen LogP contribution >= 0.6 is 0 Å². The highest BCUT2D eigenvalue weighted by Gasteiger charge is 2.36. The van der Waals surface area contributed by atoms with Gasteiger partial charge < -0.3 is 4.52 Å². The average Bonchev–Trinajstić information content (AvgIpc) is 2.84. The van der Waals surface area contributed by atoms with Gasteiger partial charge in [0, 0.05) is 12.6 Å². The Hall–Kier alpha value is -0.880. The largest absolute Gasteiger partial charge is 0.361 e. The molecule has 0 aromatic carbocycles. The molecule has 1 fully saturated rings. The Morgan fingerprint density at radius 1 is 1.59 bits per heavy atom. The lowest BCUT2D eigenvalue weighted by atomic mass is 10.1. The van der Waals surface area contributed by atoms with Gasteiger partial charge in [-0.15, -0.1) is 0 Å². The van der Waals surface area contributed by atoms with Crippen molar-refractivity contribution in [3.63, 3.8) is 0 Å². The van der Waals surface area contributed by atoms with E-state index in [9.17, 15) is 8.42 Å². The van der Waals surface area contributed by atoms with Crippen molar-refractivity contribution in [2.75, 3.05) is 12.3 Å². The molecule has 96 valence electrons. The monoisotopic (exact) mass is 258 g/mol. The molecule has 2 rings (SSSR count). The van der Waals surface area contributed by atoms with Crippen LogP contribution in [-0.2, 0) is 10.0 Å². The second kappa shape index (κ2) is 4.78. The summed E-state index contributed by atoms with van der Waals surface area (Å²) in [4.78, 5) is 0. The molecule has 1 aliphatic heterocycles. The van der Waals surface area contributed by atoms with Gasteiger partial charge in [-0.25, -0.2) is 8.42 Å². The van der Waals surface area contributed by atoms with Gasteiger partial charge in [-0.2, -0.15) is 4.31 Å². The molecule has 0 saturated carbocycles. The van der Waals surface area contributed by atoms with E-state index in [4.69, 9.17) is 4.52 Å². The van der Waals surface area contributed by atoms with Crippen LogP contribution in [0.25, 0.3) is 0 Å². The second-order valence-corrected chi connectivity index (χ2v) is 6.49.